The van der Waals surface area contributed by atoms with Crippen LogP contribution in [0, 0.1) is 6.92 Å². The molecule has 1 aliphatic heterocycles. The van der Waals surface area contributed by atoms with Gasteiger partial charge >= 0.3 is 0 Å². The van der Waals surface area contributed by atoms with Gasteiger partial charge in [0.15, 0.2) is 0 Å². The van der Waals surface area contributed by atoms with Crippen LogP contribution in [-0.4, -0.2) is 41.0 Å². The van der Waals surface area contributed by atoms with Gasteiger partial charge < -0.3 is 10.6 Å². The molecule has 29 heavy (non-hydrogen) atoms. The van der Waals surface area contributed by atoms with Crippen molar-refractivity contribution in [1.82, 2.24) is 10.6 Å². The van der Waals surface area contributed by atoms with Crippen molar-refractivity contribution in [3.8, 4) is 0 Å². The minimum absolute atomic E-state index is 0. The number of sulfonamides is 1. The van der Waals surface area contributed by atoms with Crippen LogP contribution in [0.3, 0.4) is 0 Å². The van der Waals surface area contributed by atoms with Crippen molar-refractivity contribution in [2.24, 2.45) is 0 Å². The molecule has 0 radical (unpaired) electrons. The quantitative estimate of drug-likeness (QED) is 0.684. The molecular formula is C21H26ClN3O3S. The number of anilines is 1. The van der Waals surface area contributed by atoms with E-state index in [4.69, 9.17) is 0 Å². The second-order valence-corrected chi connectivity index (χ2v) is 8.80. The zero-order valence-corrected chi connectivity index (χ0v) is 18.1. The maximum absolute atomic E-state index is 12.8. The van der Waals surface area contributed by atoms with E-state index < -0.39 is 10.0 Å². The molecule has 0 spiro atoms. The largest absolute Gasteiger partial charge is 0.348 e. The summed E-state index contributed by atoms with van der Waals surface area (Å²) in [6.07, 6.45) is 3.03. The number of aryl methyl sites for hydroxylation is 1. The Morgan fingerprint density at radius 3 is 2.34 bits per heavy atom. The van der Waals surface area contributed by atoms with Gasteiger partial charge in [0.05, 0.1) is 10.6 Å². The summed E-state index contributed by atoms with van der Waals surface area (Å²) in [5, 5.41) is 6.15. The van der Waals surface area contributed by atoms with Crippen molar-refractivity contribution in [3.63, 3.8) is 0 Å². The Balaban J connectivity index is 0.00000300. The molecule has 1 amide bonds. The molecule has 2 N–H and O–H groups in total. The van der Waals surface area contributed by atoms with Crippen LogP contribution in [0.5, 0.6) is 0 Å². The summed E-state index contributed by atoms with van der Waals surface area (Å²) in [5.74, 6) is -0.171. The standard InChI is InChI=1S/C21H25N3O3S.ClH/c1-16-3-9-20(10-4-16)28(26,27)24(2)19-7-5-18(6-8-19)21(25)23-15-17-11-13-22-14-12-17;/h3-11,22H,12-15H2,1-2H3,(H,23,25);1H. The first-order valence-corrected chi connectivity index (χ1v) is 10.6. The minimum atomic E-state index is -3.65. The monoisotopic (exact) mass is 435 g/mol. The molecule has 6 nitrogen and oxygen atoms in total. The molecule has 2 aromatic carbocycles. The van der Waals surface area contributed by atoms with E-state index in [2.05, 4.69) is 16.7 Å². The van der Waals surface area contributed by atoms with Gasteiger partial charge in [-0.3, -0.25) is 9.10 Å². The Kier molecular flexibility index (Phi) is 7.84. The third-order valence-electron chi connectivity index (χ3n) is 4.81. The van der Waals surface area contributed by atoms with Crippen LogP contribution in [-0.2, 0) is 10.0 Å². The van der Waals surface area contributed by atoms with Gasteiger partial charge in [0.25, 0.3) is 15.9 Å². The molecule has 8 heteroatoms. The molecule has 0 aromatic heterocycles. The maximum atomic E-state index is 12.8. The first-order valence-electron chi connectivity index (χ1n) is 9.20. The fraction of sp³-hybridized carbons (Fsp3) is 0.286. The highest BCUT2D eigenvalue weighted by Gasteiger charge is 2.21. The van der Waals surface area contributed by atoms with E-state index >= 15 is 0 Å². The van der Waals surface area contributed by atoms with Crippen LogP contribution >= 0.6 is 12.4 Å². The minimum Gasteiger partial charge on any atom is -0.348 e. The van der Waals surface area contributed by atoms with Crippen molar-refractivity contribution < 1.29 is 13.2 Å². The second-order valence-electron chi connectivity index (χ2n) is 6.83. The summed E-state index contributed by atoms with van der Waals surface area (Å²) in [6.45, 7) is 4.20. The smallest absolute Gasteiger partial charge is 0.264 e. The van der Waals surface area contributed by atoms with Crippen LogP contribution in [0.4, 0.5) is 5.69 Å². The molecule has 0 unspecified atom stereocenters. The first kappa shape index (κ1) is 22.9. The Hall–Kier alpha value is -2.35. The summed E-state index contributed by atoms with van der Waals surface area (Å²) in [6, 6.07) is 13.3. The van der Waals surface area contributed by atoms with E-state index in [1.807, 2.05) is 6.92 Å². The summed E-state index contributed by atoms with van der Waals surface area (Å²) in [5.41, 5.74) is 3.21. The van der Waals surface area contributed by atoms with Gasteiger partial charge in [-0.1, -0.05) is 29.3 Å². The van der Waals surface area contributed by atoms with Crippen molar-refractivity contribution >= 4 is 34.0 Å². The third-order valence-corrected chi connectivity index (χ3v) is 6.61. The van der Waals surface area contributed by atoms with Crippen molar-refractivity contribution in [1.29, 1.82) is 0 Å². The number of benzene rings is 2. The number of hydrogen-bond donors (Lipinski definition) is 2. The van der Waals surface area contributed by atoms with Gasteiger partial charge in [-0.25, -0.2) is 8.42 Å². The van der Waals surface area contributed by atoms with E-state index in [1.165, 1.54) is 16.9 Å². The van der Waals surface area contributed by atoms with Crippen LogP contribution < -0.4 is 14.9 Å². The van der Waals surface area contributed by atoms with Crippen molar-refractivity contribution in [3.05, 3.63) is 71.3 Å². The third kappa shape index (κ3) is 5.59. The molecule has 1 aliphatic rings. The lowest BCUT2D eigenvalue weighted by molar-refractivity contribution is 0.0956. The van der Waals surface area contributed by atoms with Gasteiger partial charge in [-0.15, -0.1) is 12.4 Å². The van der Waals surface area contributed by atoms with E-state index in [9.17, 15) is 13.2 Å². The SMILES string of the molecule is Cc1ccc(S(=O)(=O)N(C)c2ccc(C(=O)NCC3=CCNCC3)cc2)cc1.Cl. The summed E-state index contributed by atoms with van der Waals surface area (Å²) < 4.78 is 26.8. The Labute approximate surface area is 178 Å². The molecule has 0 saturated carbocycles. The predicted octanol–water partition coefficient (Wildman–Crippen LogP) is 2.89. The summed E-state index contributed by atoms with van der Waals surface area (Å²) in [7, 11) is -2.14. The normalized spacial score (nSPS) is 13.8. The van der Waals surface area contributed by atoms with E-state index in [0.717, 1.165) is 25.1 Å². The number of nitrogens with one attached hydrogen (secondary N) is 2. The zero-order chi connectivity index (χ0) is 20.1. The number of rotatable bonds is 6. The van der Waals surface area contributed by atoms with Crippen LogP contribution in [0.2, 0.25) is 0 Å². The summed E-state index contributed by atoms with van der Waals surface area (Å²) in [4.78, 5) is 12.6. The highest BCUT2D eigenvalue weighted by Crippen LogP contribution is 2.22. The van der Waals surface area contributed by atoms with Gasteiger partial charge in [0.2, 0.25) is 0 Å². The Bertz CT molecular complexity index is 971. The zero-order valence-electron chi connectivity index (χ0n) is 16.5. The lowest BCUT2D eigenvalue weighted by Crippen LogP contribution is -2.29. The van der Waals surface area contributed by atoms with Crippen molar-refractivity contribution in [2.45, 2.75) is 18.2 Å². The van der Waals surface area contributed by atoms with Gasteiger partial charge in [-0.2, -0.15) is 0 Å². The Morgan fingerprint density at radius 2 is 1.76 bits per heavy atom. The van der Waals surface area contributed by atoms with E-state index in [1.54, 1.807) is 48.5 Å². The topological polar surface area (TPSA) is 78.5 Å². The van der Waals surface area contributed by atoms with Gasteiger partial charge in [-0.05, 0) is 56.3 Å². The van der Waals surface area contributed by atoms with E-state index in [-0.39, 0.29) is 23.2 Å². The molecule has 3 rings (SSSR count). The highest BCUT2D eigenvalue weighted by molar-refractivity contribution is 7.92. The molecule has 0 saturated heterocycles. The van der Waals surface area contributed by atoms with Gasteiger partial charge in [0, 0.05) is 25.7 Å². The molecule has 0 atom stereocenters. The number of amides is 1. The molecule has 0 fully saturated rings. The van der Waals surface area contributed by atoms with Crippen molar-refractivity contribution in [2.75, 3.05) is 31.0 Å². The lowest BCUT2D eigenvalue weighted by atomic mass is 10.1. The maximum Gasteiger partial charge on any atom is 0.264 e. The summed E-state index contributed by atoms with van der Waals surface area (Å²) >= 11 is 0. The van der Waals surface area contributed by atoms with Crippen LogP contribution in [0.1, 0.15) is 22.3 Å². The highest BCUT2D eigenvalue weighted by atomic mass is 35.5. The first-order chi connectivity index (χ1) is 13.4. The fourth-order valence-corrected chi connectivity index (χ4v) is 4.15. The molecule has 0 bridgehead atoms. The van der Waals surface area contributed by atoms with Crippen LogP contribution in [0.25, 0.3) is 0 Å². The molecule has 0 aliphatic carbocycles. The number of nitrogens with zero attached hydrogens (tertiary/aromatic N) is 1. The molecular weight excluding hydrogens is 410 g/mol. The number of halogens is 1. The van der Waals surface area contributed by atoms with Crippen LogP contribution in [0.15, 0.2) is 65.1 Å². The number of carbonyl (C=O) groups excluding carboxylic acids is 1. The number of carbonyl (C=O) groups is 1. The number of hydrogen-bond acceptors (Lipinski definition) is 4. The van der Waals surface area contributed by atoms with Gasteiger partial charge in [0.1, 0.15) is 0 Å². The predicted molar refractivity (Wildman–Crippen MR) is 118 cm³/mol. The average molecular weight is 436 g/mol. The Morgan fingerprint density at radius 1 is 1.10 bits per heavy atom. The molecule has 156 valence electrons. The lowest BCUT2D eigenvalue weighted by Gasteiger charge is -2.20. The second kappa shape index (κ2) is 9.91. The fourth-order valence-electron chi connectivity index (χ4n) is 2.96. The van der Waals surface area contributed by atoms with E-state index in [0.29, 0.717) is 17.8 Å². The average Bonchev–Trinajstić information content (AvgIpc) is 2.72. The molecule has 2 aromatic rings. The molecule has 1 heterocycles.